The minimum Gasteiger partial charge on any atom is -0.328 e. The monoisotopic (exact) mass is 168 g/mol. The second-order valence-corrected chi connectivity index (χ2v) is 4.46. The fourth-order valence-electron chi connectivity index (χ4n) is 2.49. The quantitative estimate of drug-likeness (QED) is 0.640. The van der Waals surface area contributed by atoms with Gasteiger partial charge in [-0.2, -0.15) is 0 Å². The highest BCUT2D eigenvalue weighted by atomic mass is 15.2. The Morgan fingerprint density at radius 2 is 2.00 bits per heavy atom. The van der Waals surface area contributed by atoms with E-state index >= 15 is 0 Å². The van der Waals surface area contributed by atoms with Crippen molar-refractivity contribution in [3.8, 4) is 0 Å². The molecule has 1 aliphatic carbocycles. The third-order valence-electron chi connectivity index (χ3n) is 3.51. The molecule has 1 saturated heterocycles. The highest BCUT2D eigenvalue weighted by Gasteiger charge is 2.31. The van der Waals surface area contributed by atoms with Crippen LogP contribution in [0.3, 0.4) is 0 Å². The lowest BCUT2D eigenvalue weighted by Gasteiger charge is -2.45. The molecule has 12 heavy (non-hydrogen) atoms. The van der Waals surface area contributed by atoms with Crippen LogP contribution in [0.25, 0.3) is 0 Å². The Morgan fingerprint density at radius 1 is 1.25 bits per heavy atom. The maximum absolute atomic E-state index is 5.92. The molecule has 1 saturated carbocycles. The maximum Gasteiger partial charge on any atom is 0.00981 e. The molecule has 2 rings (SSSR count). The first-order valence-corrected chi connectivity index (χ1v) is 5.28. The largest absolute Gasteiger partial charge is 0.328 e. The Kier molecular flexibility index (Phi) is 2.37. The van der Waals surface area contributed by atoms with Gasteiger partial charge in [-0.3, -0.25) is 4.90 Å². The van der Waals surface area contributed by atoms with Crippen LogP contribution in [0, 0.1) is 0 Å². The first kappa shape index (κ1) is 8.52. The van der Waals surface area contributed by atoms with Crippen molar-refractivity contribution in [3.05, 3.63) is 0 Å². The smallest absolute Gasteiger partial charge is 0.00981 e. The van der Waals surface area contributed by atoms with Crippen molar-refractivity contribution in [1.29, 1.82) is 0 Å². The zero-order valence-corrected chi connectivity index (χ0v) is 8.00. The molecule has 1 aliphatic heterocycles. The first-order chi connectivity index (χ1) is 5.77. The Balaban J connectivity index is 1.88. The van der Waals surface area contributed by atoms with E-state index in [-0.39, 0.29) is 0 Å². The summed E-state index contributed by atoms with van der Waals surface area (Å²) in [5.41, 5.74) is 5.92. The summed E-state index contributed by atoms with van der Waals surface area (Å²) in [6.45, 7) is 3.57. The van der Waals surface area contributed by atoms with E-state index in [1.54, 1.807) is 0 Å². The average Bonchev–Trinajstić information content (AvgIpc) is 1.91. The molecule has 2 aliphatic rings. The van der Waals surface area contributed by atoms with Gasteiger partial charge in [0.2, 0.25) is 0 Å². The van der Waals surface area contributed by atoms with Crippen LogP contribution in [-0.2, 0) is 0 Å². The summed E-state index contributed by atoms with van der Waals surface area (Å²) in [6.07, 6.45) is 6.72. The number of rotatable bonds is 1. The number of nitrogens with two attached hydrogens (primary N) is 1. The first-order valence-electron chi connectivity index (χ1n) is 5.28. The van der Waals surface area contributed by atoms with Gasteiger partial charge < -0.3 is 5.73 Å². The minimum atomic E-state index is 0.469. The molecule has 0 aromatic heterocycles. The molecule has 2 nitrogen and oxygen atoms in total. The van der Waals surface area contributed by atoms with E-state index in [0.717, 1.165) is 12.1 Å². The van der Waals surface area contributed by atoms with Gasteiger partial charge in [-0.05, 0) is 32.6 Å². The topological polar surface area (TPSA) is 29.3 Å². The lowest BCUT2D eigenvalue weighted by Crippen LogP contribution is -2.52. The van der Waals surface area contributed by atoms with E-state index in [0.29, 0.717) is 6.04 Å². The summed E-state index contributed by atoms with van der Waals surface area (Å²) in [4.78, 5) is 2.67. The van der Waals surface area contributed by atoms with Crippen LogP contribution in [-0.4, -0.2) is 29.6 Å². The third kappa shape index (κ3) is 1.50. The number of hydrogen-bond acceptors (Lipinski definition) is 2. The molecule has 1 heterocycles. The van der Waals surface area contributed by atoms with Crippen molar-refractivity contribution < 1.29 is 0 Å². The van der Waals surface area contributed by atoms with Gasteiger partial charge in [0.15, 0.2) is 0 Å². The fraction of sp³-hybridized carbons (Fsp3) is 1.00. The van der Waals surface area contributed by atoms with E-state index in [1.807, 2.05) is 0 Å². The third-order valence-corrected chi connectivity index (χ3v) is 3.51. The van der Waals surface area contributed by atoms with Gasteiger partial charge in [-0.15, -0.1) is 0 Å². The molecule has 0 aromatic rings. The molecular formula is C10H20N2. The van der Waals surface area contributed by atoms with Crippen molar-refractivity contribution in [2.45, 2.75) is 57.2 Å². The van der Waals surface area contributed by atoms with Gasteiger partial charge >= 0.3 is 0 Å². The molecule has 2 fully saturated rings. The predicted molar refractivity (Wildman–Crippen MR) is 51.0 cm³/mol. The summed E-state index contributed by atoms with van der Waals surface area (Å²) < 4.78 is 0. The summed E-state index contributed by atoms with van der Waals surface area (Å²) in [6, 6.07) is 2.11. The predicted octanol–water partition coefficient (Wildman–Crippen LogP) is 1.35. The standard InChI is InChI=1S/C10H20N2/c1-8-7-9(11)5-6-12(8)10-3-2-4-10/h8-10H,2-7,11H2,1H3. The van der Waals surface area contributed by atoms with Crippen LogP contribution in [0.2, 0.25) is 0 Å². The molecule has 2 N–H and O–H groups in total. The molecule has 2 heteroatoms. The van der Waals surface area contributed by atoms with Crippen molar-refractivity contribution >= 4 is 0 Å². The summed E-state index contributed by atoms with van der Waals surface area (Å²) in [7, 11) is 0. The van der Waals surface area contributed by atoms with Gasteiger partial charge in [-0.1, -0.05) is 6.42 Å². The van der Waals surface area contributed by atoms with Crippen LogP contribution >= 0.6 is 0 Å². The van der Waals surface area contributed by atoms with E-state index in [2.05, 4.69) is 11.8 Å². The van der Waals surface area contributed by atoms with Crippen molar-refractivity contribution in [1.82, 2.24) is 4.90 Å². The number of likely N-dealkylation sites (tertiary alicyclic amines) is 1. The second kappa shape index (κ2) is 3.35. The summed E-state index contributed by atoms with van der Waals surface area (Å²) in [5.74, 6) is 0. The SMILES string of the molecule is CC1CC(N)CCN1C1CCC1. The Bertz CT molecular complexity index is 154. The van der Waals surface area contributed by atoms with Gasteiger partial charge in [0, 0.05) is 24.7 Å². The fourth-order valence-corrected chi connectivity index (χ4v) is 2.49. The normalized spacial score (nSPS) is 39.5. The maximum atomic E-state index is 5.92. The van der Waals surface area contributed by atoms with Crippen LogP contribution in [0.4, 0.5) is 0 Å². The van der Waals surface area contributed by atoms with Crippen LogP contribution in [0.1, 0.15) is 39.0 Å². The van der Waals surface area contributed by atoms with Crippen molar-refractivity contribution in [2.75, 3.05) is 6.54 Å². The Hall–Kier alpha value is -0.0800. The molecule has 0 bridgehead atoms. The van der Waals surface area contributed by atoms with Gasteiger partial charge in [0.1, 0.15) is 0 Å². The van der Waals surface area contributed by atoms with E-state index in [4.69, 9.17) is 5.73 Å². The molecule has 0 spiro atoms. The molecule has 2 atom stereocenters. The Labute approximate surface area is 75.1 Å². The van der Waals surface area contributed by atoms with Crippen LogP contribution < -0.4 is 5.73 Å². The second-order valence-electron chi connectivity index (χ2n) is 4.46. The molecule has 70 valence electrons. The molecular weight excluding hydrogens is 148 g/mol. The highest BCUT2D eigenvalue weighted by molar-refractivity contribution is 4.88. The molecule has 0 aromatic carbocycles. The van der Waals surface area contributed by atoms with Crippen LogP contribution in [0.5, 0.6) is 0 Å². The van der Waals surface area contributed by atoms with E-state index < -0.39 is 0 Å². The lowest BCUT2D eigenvalue weighted by molar-refractivity contribution is 0.0537. The number of piperidine rings is 1. The number of nitrogens with zero attached hydrogens (tertiary/aromatic N) is 1. The van der Waals surface area contributed by atoms with Crippen molar-refractivity contribution in [3.63, 3.8) is 0 Å². The van der Waals surface area contributed by atoms with Gasteiger partial charge in [-0.25, -0.2) is 0 Å². The Morgan fingerprint density at radius 3 is 2.50 bits per heavy atom. The van der Waals surface area contributed by atoms with Crippen LogP contribution in [0.15, 0.2) is 0 Å². The van der Waals surface area contributed by atoms with Crippen molar-refractivity contribution in [2.24, 2.45) is 5.73 Å². The van der Waals surface area contributed by atoms with Gasteiger partial charge in [0.25, 0.3) is 0 Å². The number of hydrogen-bond donors (Lipinski definition) is 1. The zero-order chi connectivity index (χ0) is 8.55. The minimum absolute atomic E-state index is 0.469. The zero-order valence-electron chi connectivity index (χ0n) is 8.00. The highest BCUT2D eigenvalue weighted by Crippen LogP contribution is 2.29. The van der Waals surface area contributed by atoms with E-state index in [1.165, 1.54) is 38.6 Å². The average molecular weight is 168 g/mol. The van der Waals surface area contributed by atoms with Gasteiger partial charge in [0.05, 0.1) is 0 Å². The summed E-state index contributed by atoms with van der Waals surface area (Å²) in [5, 5.41) is 0. The lowest BCUT2D eigenvalue weighted by atomic mass is 9.87. The van der Waals surface area contributed by atoms with E-state index in [9.17, 15) is 0 Å². The summed E-state index contributed by atoms with van der Waals surface area (Å²) >= 11 is 0. The molecule has 0 amide bonds. The molecule has 2 unspecified atom stereocenters. The molecule has 0 radical (unpaired) electrons.